The van der Waals surface area contributed by atoms with Crippen molar-refractivity contribution in [3.05, 3.63) is 23.7 Å². The van der Waals surface area contributed by atoms with E-state index in [-0.39, 0.29) is 24.3 Å². The van der Waals surface area contributed by atoms with Gasteiger partial charge < -0.3 is 25.3 Å². The van der Waals surface area contributed by atoms with Crippen molar-refractivity contribution in [3.63, 3.8) is 0 Å². The molecule has 0 aromatic carbocycles. The van der Waals surface area contributed by atoms with E-state index < -0.39 is 11.7 Å². The number of amides is 2. The number of aromatic nitrogens is 4. The van der Waals surface area contributed by atoms with Crippen molar-refractivity contribution >= 4 is 23.5 Å². The number of halogens is 3. The normalized spacial score (nSPS) is 24.3. The van der Waals surface area contributed by atoms with Gasteiger partial charge in [-0.15, -0.1) is 0 Å². The second-order valence-corrected chi connectivity index (χ2v) is 10.7. The Morgan fingerprint density at radius 3 is 2.55 bits per heavy atom. The Morgan fingerprint density at radius 1 is 1.11 bits per heavy atom. The number of rotatable bonds is 8. The zero-order chi connectivity index (χ0) is 27.0. The Balaban J connectivity index is 1.25. The lowest BCUT2D eigenvalue weighted by Crippen LogP contribution is -2.47. The number of piperidine rings is 1. The lowest BCUT2D eigenvalue weighted by Gasteiger charge is -2.36. The average Bonchev–Trinajstić information content (AvgIpc) is 3.30. The van der Waals surface area contributed by atoms with E-state index in [0.717, 1.165) is 37.7 Å². The van der Waals surface area contributed by atoms with E-state index >= 15 is 0 Å². The van der Waals surface area contributed by atoms with Crippen molar-refractivity contribution in [2.45, 2.75) is 69.8 Å². The van der Waals surface area contributed by atoms with Gasteiger partial charge in [0, 0.05) is 57.7 Å². The summed E-state index contributed by atoms with van der Waals surface area (Å²) in [6.45, 7) is 3.94. The van der Waals surface area contributed by atoms with Crippen LogP contribution in [0.2, 0.25) is 0 Å². The molecule has 2 bridgehead atoms. The third kappa shape index (κ3) is 5.52. The largest absolute Gasteiger partial charge is 0.421 e. The first kappa shape index (κ1) is 26.5. The molecule has 3 fully saturated rings. The number of hydrogen-bond acceptors (Lipinski definition) is 7. The molecule has 0 saturated carbocycles. The number of nitrogens with zero attached hydrogens (tertiary/aromatic N) is 7. The summed E-state index contributed by atoms with van der Waals surface area (Å²) >= 11 is 0. The molecule has 3 aliphatic heterocycles. The molecule has 2 amide bonds. The van der Waals surface area contributed by atoms with E-state index in [1.807, 2.05) is 17.8 Å². The summed E-state index contributed by atoms with van der Waals surface area (Å²) in [6, 6.07) is 1.39. The van der Waals surface area contributed by atoms with Crippen LogP contribution >= 0.6 is 0 Å². The summed E-state index contributed by atoms with van der Waals surface area (Å²) in [5.41, 5.74) is 0.492. The Kier molecular flexibility index (Phi) is 7.38. The van der Waals surface area contributed by atoms with Crippen molar-refractivity contribution in [1.82, 2.24) is 34.4 Å². The Morgan fingerprint density at radius 2 is 1.84 bits per heavy atom. The fraction of sp³-hybridized carbons (Fsp3) is 0.680. The molecule has 0 spiro atoms. The highest BCUT2D eigenvalue weighted by Gasteiger charge is 2.39. The zero-order valence-electron chi connectivity index (χ0n) is 22.1. The molecule has 3 saturated heterocycles. The molecule has 2 aromatic heterocycles. The molecular formula is C25H36F3N9O. The van der Waals surface area contributed by atoms with Crippen molar-refractivity contribution in [2.75, 3.05) is 50.9 Å². The lowest BCUT2D eigenvalue weighted by atomic mass is 9.98. The van der Waals surface area contributed by atoms with Crippen LogP contribution in [0.4, 0.5) is 35.4 Å². The first-order chi connectivity index (χ1) is 18.1. The van der Waals surface area contributed by atoms with E-state index in [4.69, 9.17) is 5.10 Å². The van der Waals surface area contributed by atoms with Gasteiger partial charge in [-0.25, -0.2) is 9.78 Å². The highest BCUT2D eigenvalue weighted by Crippen LogP contribution is 2.40. The monoisotopic (exact) mass is 535 g/mol. The third-order valence-electron chi connectivity index (χ3n) is 8.12. The molecule has 2 atom stereocenters. The van der Waals surface area contributed by atoms with Crippen LogP contribution < -0.4 is 10.6 Å². The minimum atomic E-state index is -4.60. The van der Waals surface area contributed by atoms with Crippen LogP contribution in [0.25, 0.3) is 0 Å². The summed E-state index contributed by atoms with van der Waals surface area (Å²) in [4.78, 5) is 26.2. The summed E-state index contributed by atoms with van der Waals surface area (Å²) in [5, 5.41) is 10.6. The average molecular weight is 536 g/mol. The van der Waals surface area contributed by atoms with Gasteiger partial charge in [0.05, 0.1) is 17.4 Å². The number of fused-ring (bicyclic) bond motifs is 2. The second-order valence-electron chi connectivity index (χ2n) is 10.7. The minimum absolute atomic E-state index is 0.0513. The van der Waals surface area contributed by atoms with E-state index in [0.29, 0.717) is 43.3 Å². The number of anilines is 3. The van der Waals surface area contributed by atoms with E-state index in [1.165, 1.54) is 12.8 Å². The molecular weight excluding hydrogens is 499 g/mol. The Hall–Kier alpha value is -3.09. The maximum absolute atomic E-state index is 13.7. The molecule has 2 aromatic rings. The fourth-order valence-corrected chi connectivity index (χ4v) is 5.91. The van der Waals surface area contributed by atoms with Gasteiger partial charge in [-0.2, -0.15) is 23.3 Å². The van der Waals surface area contributed by atoms with Crippen LogP contribution in [-0.2, 0) is 6.18 Å². The first-order valence-electron chi connectivity index (χ1n) is 13.3. The lowest BCUT2D eigenvalue weighted by molar-refractivity contribution is -0.137. The smallest absolute Gasteiger partial charge is 0.369 e. The molecule has 5 rings (SSSR count). The van der Waals surface area contributed by atoms with Gasteiger partial charge in [-0.05, 0) is 52.5 Å². The number of nitrogens with one attached hydrogen (secondary N) is 2. The standard InChI is InChI=1S/C25H36F3N9O/c1-16-21(15-37(33-16)19-12-17-6-7-18(13-19)35(17)3)31-23-30-14-20(25(26,27)28)22(32-23)29-8-4-10-36-11-5-9-34(2)24(36)38/h14-15,17-19H,4-13H2,1-3H3,(H2,29,30,31,32). The van der Waals surface area contributed by atoms with Crippen LogP contribution in [0.1, 0.15) is 55.8 Å². The third-order valence-corrected chi connectivity index (χ3v) is 8.12. The van der Waals surface area contributed by atoms with Crippen LogP contribution in [-0.4, -0.2) is 92.8 Å². The van der Waals surface area contributed by atoms with E-state index in [9.17, 15) is 18.0 Å². The Labute approximate surface area is 220 Å². The summed E-state index contributed by atoms with van der Waals surface area (Å²) in [6.07, 6.45) is 3.99. The Bertz CT molecular complexity index is 1140. The van der Waals surface area contributed by atoms with Crippen LogP contribution in [0.15, 0.2) is 12.4 Å². The van der Waals surface area contributed by atoms with Crippen molar-refractivity contribution < 1.29 is 18.0 Å². The maximum Gasteiger partial charge on any atom is 0.421 e. The maximum atomic E-state index is 13.7. The van der Waals surface area contributed by atoms with Crippen LogP contribution in [0.5, 0.6) is 0 Å². The first-order valence-corrected chi connectivity index (χ1v) is 13.3. The van der Waals surface area contributed by atoms with Gasteiger partial charge in [-0.3, -0.25) is 4.68 Å². The SMILES string of the molecule is Cc1nn(C2CC3CCC(C2)N3C)cc1Nc1ncc(C(F)(F)F)c(NCCCN2CCCN(C)C2=O)n1. The molecule has 2 unspecified atom stereocenters. The topological polar surface area (TPSA) is 94.5 Å². The van der Waals surface area contributed by atoms with Gasteiger partial charge in [0.2, 0.25) is 5.95 Å². The minimum Gasteiger partial charge on any atom is -0.369 e. The molecule has 0 radical (unpaired) electrons. The van der Waals surface area contributed by atoms with Crippen LogP contribution in [0.3, 0.4) is 0 Å². The molecule has 3 aliphatic rings. The van der Waals surface area contributed by atoms with Crippen LogP contribution in [0, 0.1) is 6.92 Å². The number of hydrogen-bond donors (Lipinski definition) is 2. The summed E-state index contributed by atoms with van der Waals surface area (Å²) in [5.74, 6) is -0.214. The van der Waals surface area contributed by atoms with Gasteiger partial charge >= 0.3 is 12.2 Å². The van der Waals surface area contributed by atoms with Gasteiger partial charge in [0.25, 0.3) is 0 Å². The number of alkyl halides is 3. The number of carbonyl (C=O) groups excluding carboxylic acids is 1. The van der Waals surface area contributed by atoms with E-state index in [2.05, 4.69) is 32.5 Å². The second kappa shape index (κ2) is 10.6. The molecule has 5 heterocycles. The summed E-state index contributed by atoms with van der Waals surface area (Å²) < 4.78 is 42.9. The molecule has 38 heavy (non-hydrogen) atoms. The number of urea groups is 1. The van der Waals surface area contributed by atoms with Crippen molar-refractivity contribution in [3.8, 4) is 0 Å². The van der Waals surface area contributed by atoms with Crippen molar-refractivity contribution in [2.24, 2.45) is 0 Å². The van der Waals surface area contributed by atoms with E-state index in [1.54, 1.807) is 16.8 Å². The fourth-order valence-electron chi connectivity index (χ4n) is 5.91. The van der Waals surface area contributed by atoms with Gasteiger partial charge in [0.15, 0.2) is 0 Å². The molecule has 13 heteroatoms. The molecule has 10 nitrogen and oxygen atoms in total. The molecule has 0 aliphatic carbocycles. The van der Waals surface area contributed by atoms with Gasteiger partial charge in [-0.1, -0.05) is 0 Å². The predicted molar refractivity (Wildman–Crippen MR) is 137 cm³/mol. The highest BCUT2D eigenvalue weighted by atomic mass is 19.4. The number of carbonyl (C=O) groups is 1. The molecule has 208 valence electrons. The quantitative estimate of drug-likeness (QED) is 0.492. The zero-order valence-corrected chi connectivity index (χ0v) is 22.1. The van der Waals surface area contributed by atoms with Crippen molar-refractivity contribution in [1.29, 1.82) is 0 Å². The number of aryl methyl sites for hydroxylation is 1. The summed E-state index contributed by atoms with van der Waals surface area (Å²) in [7, 11) is 3.94. The predicted octanol–water partition coefficient (Wildman–Crippen LogP) is 4.10. The molecule has 2 N–H and O–H groups in total. The van der Waals surface area contributed by atoms with Gasteiger partial charge in [0.1, 0.15) is 11.4 Å². The highest BCUT2D eigenvalue weighted by molar-refractivity contribution is 5.74.